The molecule has 0 bridgehead atoms. The van der Waals surface area contributed by atoms with Crippen LogP contribution >= 0.6 is 0 Å². The predicted molar refractivity (Wildman–Crippen MR) is 99.0 cm³/mol. The Balaban J connectivity index is 1.87. The van der Waals surface area contributed by atoms with E-state index in [4.69, 9.17) is 4.42 Å². The molecule has 0 amide bonds. The number of hydrogen-bond donors (Lipinski definition) is 0. The van der Waals surface area contributed by atoms with E-state index in [9.17, 15) is 21.6 Å². The summed E-state index contributed by atoms with van der Waals surface area (Å²) in [4.78, 5) is -0.248. The van der Waals surface area contributed by atoms with E-state index in [1.807, 2.05) is 6.07 Å². The summed E-state index contributed by atoms with van der Waals surface area (Å²) in [6, 6.07) is 11.9. The molecule has 0 atom stereocenters. The molecule has 10 heteroatoms. The van der Waals surface area contributed by atoms with Gasteiger partial charge in [0.2, 0.25) is 21.8 Å². The monoisotopic (exact) mass is 425 g/mol. The van der Waals surface area contributed by atoms with Crippen molar-refractivity contribution in [2.75, 3.05) is 0 Å². The van der Waals surface area contributed by atoms with Crippen LogP contribution in [0.5, 0.6) is 0 Å². The molecule has 0 radical (unpaired) electrons. The number of hydrogen-bond acceptors (Lipinski definition) is 5. The van der Waals surface area contributed by atoms with Crippen molar-refractivity contribution in [2.24, 2.45) is 0 Å². The van der Waals surface area contributed by atoms with Gasteiger partial charge in [-0.25, -0.2) is 8.42 Å². The first-order chi connectivity index (χ1) is 13.6. The molecule has 1 heterocycles. The summed E-state index contributed by atoms with van der Waals surface area (Å²) in [6.45, 7) is 3.09. The van der Waals surface area contributed by atoms with E-state index in [1.165, 1.54) is 0 Å². The Morgan fingerprint density at radius 1 is 1.00 bits per heavy atom. The van der Waals surface area contributed by atoms with Crippen LogP contribution in [0.25, 0.3) is 11.5 Å². The number of sulfonamides is 1. The Morgan fingerprint density at radius 2 is 1.62 bits per heavy atom. The standard InChI is InChI=1S/C19H18F3N3O3S/c1-13(2)25(12-17-23-24-18(28-17)14-6-4-3-5-7-14)29(26,27)16-10-8-15(9-11-16)19(20,21)22/h3-11,13H,12H2,1-2H3. The quantitative estimate of drug-likeness (QED) is 0.587. The molecule has 3 rings (SSSR count). The van der Waals surface area contributed by atoms with Crippen molar-refractivity contribution in [3.8, 4) is 11.5 Å². The molecule has 0 N–H and O–H groups in total. The lowest BCUT2D eigenvalue weighted by atomic mass is 10.2. The number of benzene rings is 2. The zero-order valence-corrected chi connectivity index (χ0v) is 16.4. The summed E-state index contributed by atoms with van der Waals surface area (Å²) < 4.78 is 70.8. The molecule has 6 nitrogen and oxygen atoms in total. The average Bonchev–Trinajstić information content (AvgIpc) is 3.15. The van der Waals surface area contributed by atoms with Gasteiger partial charge in [0.15, 0.2) is 0 Å². The third kappa shape index (κ3) is 4.65. The fraction of sp³-hybridized carbons (Fsp3) is 0.263. The highest BCUT2D eigenvalue weighted by atomic mass is 32.2. The molecule has 2 aromatic carbocycles. The minimum Gasteiger partial charge on any atom is -0.419 e. The maximum Gasteiger partial charge on any atom is 0.416 e. The van der Waals surface area contributed by atoms with Gasteiger partial charge in [-0.1, -0.05) is 18.2 Å². The molecule has 3 aromatic rings. The fourth-order valence-electron chi connectivity index (χ4n) is 2.64. The van der Waals surface area contributed by atoms with Gasteiger partial charge in [-0.3, -0.25) is 0 Å². The predicted octanol–water partition coefficient (Wildman–Crippen LogP) is 4.35. The van der Waals surface area contributed by atoms with Crippen molar-refractivity contribution >= 4 is 10.0 Å². The number of halogens is 3. The van der Waals surface area contributed by atoms with Crippen molar-refractivity contribution in [1.29, 1.82) is 0 Å². The van der Waals surface area contributed by atoms with Gasteiger partial charge in [0.25, 0.3) is 0 Å². The third-order valence-corrected chi connectivity index (χ3v) is 6.18. The van der Waals surface area contributed by atoms with E-state index in [2.05, 4.69) is 10.2 Å². The second kappa shape index (κ2) is 7.96. The second-order valence-corrected chi connectivity index (χ2v) is 8.42. The average molecular weight is 425 g/mol. The lowest BCUT2D eigenvalue weighted by Crippen LogP contribution is -2.36. The Kier molecular flexibility index (Phi) is 5.76. The zero-order chi connectivity index (χ0) is 21.2. The van der Waals surface area contributed by atoms with Crippen molar-refractivity contribution in [2.45, 2.75) is 37.5 Å². The molecule has 0 aliphatic heterocycles. The summed E-state index contributed by atoms with van der Waals surface area (Å²) in [5.74, 6) is 0.323. The molecule has 29 heavy (non-hydrogen) atoms. The number of rotatable bonds is 6. The largest absolute Gasteiger partial charge is 0.419 e. The van der Waals surface area contributed by atoms with Gasteiger partial charge in [-0.15, -0.1) is 10.2 Å². The summed E-state index contributed by atoms with van der Waals surface area (Å²) in [5.41, 5.74) is -0.232. The van der Waals surface area contributed by atoms with E-state index in [0.717, 1.165) is 28.6 Å². The molecule has 0 saturated carbocycles. The van der Waals surface area contributed by atoms with Crippen LogP contribution in [0.3, 0.4) is 0 Å². The number of aromatic nitrogens is 2. The molecule has 0 saturated heterocycles. The van der Waals surface area contributed by atoms with Crippen LogP contribution in [0.2, 0.25) is 0 Å². The first kappa shape index (κ1) is 21.0. The van der Waals surface area contributed by atoms with Crippen LogP contribution < -0.4 is 0 Å². The normalized spacial score (nSPS) is 12.7. The molecule has 154 valence electrons. The molecular formula is C19H18F3N3O3S. The first-order valence-electron chi connectivity index (χ1n) is 8.66. The summed E-state index contributed by atoms with van der Waals surface area (Å²) in [5, 5.41) is 7.83. The molecule has 0 spiro atoms. The molecule has 0 aliphatic carbocycles. The summed E-state index contributed by atoms with van der Waals surface area (Å²) in [6.07, 6.45) is -4.54. The van der Waals surface area contributed by atoms with Crippen molar-refractivity contribution in [1.82, 2.24) is 14.5 Å². The van der Waals surface area contributed by atoms with Gasteiger partial charge < -0.3 is 4.42 Å². The summed E-state index contributed by atoms with van der Waals surface area (Å²) in [7, 11) is -4.08. The number of alkyl halides is 3. The maximum absolute atomic E-state index is 13.0. The van der Waals surface area contributed by atoms with E-state index < -0.39 is 27.8 Å². The molecule has 0 fully saturated rings. The lowest BCUT2D eigenvalue weighted by Gasteiger charge is -2.24. The minimum absolute atomic E-state index is 0.0769. The van der Waals surface area contributed by atoms with Crippen LogP contribution in [0.4, 0.5) is 13.2 Å². The topological polar surface area (TPSA) is 76.3 Å². The Hall–Kier alpha value is -2.72. The lowest BCUT2D eigenvalue weighted by molar-refractivity contribution is -0.137. The van der Waals surface area contributed by atoms with Gasteiger partial charge >= 0.3 is 6.18 Å². The summed E-state index contributed by atoms with van der Waals surface area (Å²) >= 11 is 0. The van der Waals surface area contributed by atoms with Gasteiger partial charge in [0.1, 0.15) is 0 Å². The molecule has 1 aromatic heterocycles. The Labute approximate surface area is 166 Å². The molecule has 0 aliphatic rings. The molecule has 0 unspecified atom stereocenters. The van der Waals surface area contributed by atoms with E-state index in [1.54, 1.807) is 38.1 Å². The fourth-order valence-corrected chi connectivity index (χ4v) is 4.23. The first-order valence-corrected chi connectivity index (χ1v) is 10.1. The van der Waals surface area contributed by atoms with Crippen molar-refractivity contribution < 1.29 is 26.0 Å². The van der Waals surface area contributed by atoms with Crippen LogP contribution in [0.1, 0.15) is 25.3 Å². The van der Waals surface area contributed by atoms with E-state index in [-0.39, 0.29) is 23.2 Å². The zero-order valence-electron chi connectivity index (χ0n) is 15.6. The third-order valence-electron chi connectivity index (χ3n) is 4.14. The van der Waals surface area contributed by atoms with E-state index in [0.29, 0.717) is 5.56 Å². The van der Waals surface area contributed by atoms with Crippen LogP contribution in [0, 0.1) is 0 Å². The highest BCUT2D eigenvalue weighted by Gasteiger charge is 2.33. The Morgan fingerprint density at radius 3 is 2.17 bits per heavy atom. The van der Waals surface area contributed by atoms with Crippen molar-refractivity contribution in [3.05, 3.63) is 66.1 Å². The Bertz CT molecular complexity index is 1060. The maximum atomic E-state index is 13.0. The van der Waals surface area contributed by atoms with Crippen LogP contribution in [-0.4, -0.2) is 29.0 Å². The highest BCUT2D eigenvalue weighted by molar-refractivity contribution is 7.89. The van der Waals surface area contributed by atoms with Crippen LogP contribution in [-0.2, 0) is 22.7 Å². The van der Waals surface area contributed by atoms with Gasteiger partial charge in [0, 0.05) is 11.6 Å². The van der Waals surface area contributed by atoms with Crippen molar-refractivity contribution in [3.63, 3.8) is 0 Å². The second-order valence-electron chi connectivity index (χ2n) is 6.53. The number of nitrogens with zero attached hydrogens (tertiary/aromatic N) is 3. The van der Waals surface area contributed by atoms with Gasteiger partial charge in [0.05, 0.1) is 17.0 Å². The SMILES string of the molecule is CC(C)N(Cc1nnc(-c2ccccc2)o1)S(=O)(=O)c1ccc(C(F)(F)F)cc1. The van der Waals surface area contributed by atoms with Crippen LogP contribution in [0.15, 0.2) is 63.9 Å². The van der Waals surface area contributed by atoms with Gasteiger partial charge in [-0.05, 0) is 50.2 Å². The highest BCUT2D eigenvalue weighted by Crippen LogP contribution is 2.31. The molecular weight excluding hydrogens is 407 g/mol. The van der Waals surface area contributed by atoms with Gasteiger partial charge in [-0.2, -0.15) is 17.5 Å². The smallest absolute Gasteiger partial charge is 0.416 e. The van der Waals surface area contributed by atoms with E-state index >= 15 is 0 Å². The minimum atomic E-state index is -4.54.